The summed E-state index contributed by atoms with van der Waals surface area (Å²) in [6, 6.07) is 0. The standard InChI is InChI=1S/C8H14N2O/c1-5-7-10(9(3)4)8(11)6-2/h5-6H,1-2,7H2,3-4H3. The molecule has 62 valence electrons. The van der Waals surface area contributed by atoms with Crippen LogP contribution in [-0.4, -0.2) is 36.6 Å². The summed E-state index contributed by atoms with van der Waals surface area (Å²) in [5.41, 5.74) is 0. The normalized spacial score (nSPS) is 9.36. The molecule has 0 N–H and O–H groups in total. The van der Waals surface area contributed by atoms with E-state index in [1.165, 1.54) is 11.1 Å². The van der Waals surface area contributed by atoms with Crippen LogP contribution in [0.2, 0.25) is 0 Å². The lowest BCUT2D eigenvalue weighted by atomic mass is 10.5. The Morgan fingerprint density at radius 3 is 2.27 bits per heavy atom. The molecule has 0 spiro atoms. The molecule has 3 nitrogen and oxygen atoms in total. The molecule has 0 rings (SSSR count). The van der Waals surface area contributed by atoms with Crippen LogP contribution in [0, 0.1) is 0 Å². The molecule has 0 aromatic heterocycles. The quantitative estimate of drug-likeness (QED) is 0.337. The molecule has 0 aromatic carbocycles. The van der Waals surface area contributed by atoms with Crippen molar-refractivity contribution in [1.82, 2.24) is 10.0 Å². The molecule has 0 bridgehead atoms. The molecule has 0 aromatic rings. The maximum Gasteiger partial charge on any atom is 0.260 e. The van der Waals surface area contributed by atoms with E-state index in [4.69, 9.17) is 0 Å². The van der Waals surface area contributed by atoms with Gasteiger partial charge in [-0.2, -0.15) is 0 Å². The highest BCUT2D eigenvalue weighted by Crippen LogP contribution is 1.93. The Kier molecular flexibility index (Phi) is 4.22. The fourth-order valence-corrected chi connectivity index (χ4v) is 0.678. The van der Waals surface area contributed by atoms with Crippen molar-refractivity contribution in [3.8, 4) is 0 Å². The minimum absolute atomic E-state index is 0.116. The lowest BCUT2D eigenvalue weighted by molar-refractivity contribution is -0.137. The highest BCUT2D eigenvalue weighted by molar-refractivity contribution is 5.86. The molecule has 11 heavy (non-hydrogen) atoms. The minimum Gasteiger partial charge on any atom is -0.268 e. The number of carbonyl (C=O) groups is 1. The number of hydrogen-bond donors (Lipinski definition) is 0. The first-order valence-corrected chi connectivity index (χ1v) is 3.35. The summed E-state index contributed by atoms with van der Waals surface area (Å²) in [5, 5.41) is 3.23. The Morgan fingerprint density at radius 2 is 2.00 bits per heavy atom. The SMILES string of the molecule is C=CCN(C(=O)C=C)N(C)C. The number of hydrogen-bond acceptors (Lipinski definition) is 2. The number of rotatable bonds is 4. The number of hydrazine groups is 1. The Morgan fingerprint density at radius 1 is 1.45 bits per heavy atom. The molecule has 0 aliphatic heterocycles. The summed E-state index contributed by atoms with van der Waals surface area (Å²) < 4.78 is 0. The number of carbonyl (C=O) groups excluding carboxylic acids is 1. The van der Waals surface area contributed by atoms with Crippen LogP contribution in [0.5, 0.6) is 0 Å². The summed E-state index contributed by atoms with van der Waals surface area (Å²) >= 11 is 0. The maximum atomic E-state index is 11.1. The van der Waals surface area contributed by atoms with Gasteiger partial charge >= 0.3 is 0 Å². The third-order valence-corrected chi connectivity index (χ3v) is 1.21. The summed E-state index contributed by atoms with van der Waals surface area (Å²) in [6.45, 7) is 7.45. The van der Waals surface area contributed by atoms with Crippen molar-refractivity contribution >= 4 is 5.91 Å². The van der Waals surface area contributed by atoms with Crippen LogP contribution in [0.1, 0.15) is 0 Å². The average molecular weight is 154 g/mol. The van der Waals surface area contributed by atoms with Crippen LogP contribution >= 0.6 is 0 Å². The van der Waals surface area contributed by atoms with Crippen LogP contribution in [0.15, 0.2) is 25.3 Å². The predicted molar refractivity (Wildman–Crippen MR) is 45.8 cm³/mol. The molecule has 0 aliphatic carbocycles. The lowest BCUT2D eigenvalue weighted by Crippen LogP contribution is -2.40. The first-order valence-electron chi connectivity index (χ1n) is 3.35. The van der Waals surface area contributed by atoms with E-state index in [-0.39, 0.29) is 5.91 Å². The molecule has 0 atom stereocenters. The van der Waals surface area contributed by atoms with Crippen molar-refractivity contribution in [1.29, 1.82) is 0 Å². The van der Waals surface area contributed by atoms with Gasteiger partial charge in [0.05, 0.1) is 6.54 Å². The zero-order chi connectivity index (χ0) is 8.85. The van der Waals surface area contributed by atoms with Crippen molar-refractivity contribution < 1.29 is 4.79 Å². The van der Waals surface area contributed by atoms with E-state index in [0.29, 0.717) is 6.54 Å². The van der Waals surface area contributed by atoms with Gasteiger partial charge in [-0.1, -0.05) is 12.7 Å². The fraction of sp³-hybridized carbons (Fsp3) is 0.375. The van der Waals surface area contributed by atoms with Gasteiger partial charge < -0.3 is 0 Å². The number of nitrogens with zero attached hydrogens (tertiary/aromatic N) is 2. The molecule has 0 aliphatic rings. The van der Waals surface area contributed by atoms with Crippen LogP contribution in [0.25, 0.3) is 0 Å². The summed E-state index contributed by atoms with van der Waals surface area (Å²) in [6.07, 6.45) is 2.95. The van der Waals surface area contributed by atoms with Crippen LogP contribution in [-0.2, 0) is 4.79 Å². The van der Waals surface area contributed by atoms with Crippen molar-refractivity contribution in [3.05, 3.63) is 25.3 Å². The second-order valence-corrected chi connectivity index (χ2v) is 2.26. The van der Waals surface area contributed by atoms with E-state index in [9.17, 15) is 4.79 Å². The molecule has 0 radical (unpaired) electrons. The van der Waals surface area contributed by atoms with Gasteiger partial charge in [0.1, 0.15) is 0 Å². The monoisotopic (exact) mass is 154 g/mol. The Hall–Kier alpha value is -1.09. The fourth-order valence-electron chi connectivity index (χ4n) is 0.678. The van der Waals surface area contributed by atoms with Gasteiger partial charge in [-0.25, -0.2) is 5.01 Å². The molecule has 0 saturated heterocycles. The molecule has 0 saturated carbocycles. The van der Waals surface area contributed by atoms with Gasteiger partial charge in [-0.15, -0.1) is 6.58 Å². The summed E-state index contributed by atoms with van der Waals surface area (Å²) in [7, 11) is 3.59. The highest BCUT2D eigenvalue weighted by atomic mass is 16.2. The first-order chi connectivity index (χ1) is 5.13. The maximum absolute atomic E-state index is 11.1. The highest BCUT2D eigenvalue weighted by Gasteiger charge is 2.09. The van der Waals surface area contributed by atoms with E-state index < -0.39 is 0 Å². The first kappa shape index (κ1) is 9.91. The second kappa shape index (κ2) is 4.68. The smallest absolute Gasteiger partial charge is 0.260 e. The zero-order valence-electron chi connectivity index (χ0n) is 7.08. The van der Waals surface area contributed by atoms with Gasteiger partial charge in [0, 0.05) is 14.1 Å². The third-order valence-electron chi connectivity index (χ3n) is 1.21. The second-order valence-electron chi connectivity index (χ2n) is 2.26. The van der Waals surface area contributed by atoms with Crippen molar-refractivity contribution in [2.75, 3.05) is 20.6 Å². The van der Waals surface area contributed by atoms with E-state index >= 15 is 0 Å². The molecule has 3 heteroatoms. The average Bonchev–Trinajstić information content (AvgIpc) is 1.98. The van der Waals surface area contributed by atoms with Crippen LogP contribution < -0.4 is 0 Å². The molecular weight excluding hydrogens is 140 g/mol. The van der Waals surface area contributed by atoms with E-state index in [2.05, 4.69) is 13.2 Å². The zero-order valence-corrected chi connectivity index (χ0v) is 7.08. The summed E-state index contributed by atoms with van der Waals surface area (Å²) in [4.78, 5) is 11.1. The van der Waals surface area contributed by atoms with E-state index in [1.54, 1.807) is 25.2 Å². The number of amides is 1. The molecular formula is C8H14N2O. The van der Waals surface area contributed by atoms with Gasteiger partial charge in [0.25, 0.3) is 5.91 Å². The molecule has 0 fully saturated rings. The van der Waals surface area contributed by atoms with Gasteiger partial charge in [-0.3, -0.25) is 9.80 Å². The molecule has 1 amide bonds. The topological polar surface area (TPSA) is 23.6 Å². The predicted octanol–water partition coefficient (Wildman–Crippen LogP) is 0.664. The Balaban J connectivity index is 4.19. The van der Waals surface area contributed by atoms with Crippen molar-refractivity contribution in [2.45, 2.75) is 0 Å². The van der Waals surface area contributed by atoms with Crippen LogP contribution in [0.4, 0.5) is 0 Å². The van der Waals surface area contributed by atoms with Crippen molar-refractivity contribution in [2.24, 2.45) is 0 Å². The minimum atomic E-state index is -0.116. The largest absolute Gasteiger partial charge is 0.268 e. The Labute approximate surface area is 67.6 Å². The summed E-state index contributed by atoms with van der Waals surface area (Å²) in [5.74, 6) is -0.116. The van der Waals surface area contributed by atoms with Gasteiger partial charge in [0.15, 0.2) is 0 Å². The van der Waals surface area contributed by atoms with Crippen LogP contribution in [0.3, 0.4) is 0 Å². The van der Waals surface area contributed by atoms with Crippen molar-refractivity contribution in [3.63, 3.8) is 0 Å². The van der Waals surface area contributed by atoms with E-state index in [1.807, 2.05) is 0 Å². The van der Waals surface area contributed by atoms with E-state index in [0.717, 1.165) is 0 Å². The molecule has 0 heterocycles. The lowest BCUT2D eigenvalue weighted by Gasteiger charge is -2.26. The van der Waals surface area contributed by atoms with Gasteiger partial charge in [-0.05, 0) is 6.08 Å². The molecule has 0 unspecified atom stereocenters. The third kappa shape index (κ3) is 3.00. The Bertz CT molecular complexity index is 163. The van der Waals surface area contributed by atoms with Gasteiger partial charge in [0.2, 0.25) is 0 Å².